The lowest BCUT2D eigenvalue weighted by atomic mass is 10.1. The average Bonchev–Trinajstić information content (AvgIpc) is 2.80. The molecule has 2 N–H and O–H groups in total. The third kappa shape index (κ3) is 2.68. The van der Waals surface area contributed by atoms with Gasteiger partial charge in [-0.25, -0.2) is 4.68 Å². The predicted molar refractivity (Wildman–Crippen MR) is 70.6 cm³/mol. The minimum absolute atomic E-state index is 0.618. The van der Waals surface area contributed by atoms with Crippen LogP contribution in [0, 0.1) is 0 Å². The van der Waals surface area contributed by atoms with Gasteiger partial charge in [0.25, 0.3) is 0 Å². The van der Waals surface area contributed by atoms with E-state index in [-0.39, 0.29) is 0 Å². The van der Waals surface area contributed by atoms with Crippen molar-refractivity contribution in [3.63, 3.8) is 0 Å². The molecule has 4 nitrogen and oxygen atoms in total. The van der Waals surface area contributed by atoms with E-state index in [2.05, 4.69) is 27.1 Å². The van der Waals surface area contributed by atoms with Crippen molar-refractivity contribution in [3.8, 4) is 11.4 Å². The van der Waals surface area contributed by atoms with Crippen LogP contribution in [-0.2, 0) is 6.42 Å². The highest BCUT2D eigenvalue weighted by Gasteiger charge is 2.07. The number of ether oxygens (including phenoxy) is 1. The van der Waals surface area contributed by atoms with Crippen molar-refractivity contribution in [2.75, 3.05) is 13.7 Å². The van der Waals surface area contributed by atoms with Gasteiger partial charge in [-0.3, -0.25) is 0 Å². The zero-order valence-corrected chi connectivity index (χ0v) is 11.1. The van der Waals surface area contributed by atoms with Gasteiger partial charge in [0.2, 0.25) is 0 Å². The van der Waals surface area contributed by atoms with Gasteiger partial charge in [0.05, 0.1) is 25.2 Å². The number of nitrogens with zero attached hydrogens (tertiary/aromatic N) is 2. The van der Waals surface area contributed by atoms with E-state index in [4.69, 9.17) is 10.5 Å². The fourth-order valence-electron chi connectivity index (χ4n) is 1.66. The molecule has 1 aromatic heterocycles. The maximum Gasteiger partial charge on any atom is 0.157 e. The van der Waals surface area contributed by atoms with Crippen molar-refractivity contribution >= 4 is 15.9 Å². The Morgan fingerprint density at radius 1 is 1.47 bits per heavy atom. The van der Waals surface area contributed by atoms with Crippen LogP contribution in [0.1, 0.15) is 5.56 Å². The highest BCUT2D eigenvalue weighted by Crippen LogP contribution is 2.22. The molecular formula is C12H14BrN3O. The maximum atomic E-state index is 5.61. The first-order valence-electron chi connectivity index (χ1n) is 5.32. The normalized spacial score (nSPS) is 10.5. The van der Waals surface area contributed by atoms with E-state index >= 15 is 0 Å². The summed E-state index contributed by atoms with van der Waals surface area (Å²) < 4.78 is 7.94. The summed E-state index contributed by atoms with van der Waals surface area (Å²) in [5.74, 6) is 0.740. The molecule has 1 aromatic carbocycles. The third-order valence-corrected chi connectivity index (χ3v) is 3.00. The number of hydrogen-bond donors (Lipinski definition) is 1. The van der Waals surface area contributed by atoms with E-state index in [9.17, 15) is 0 Å². The Morgan fingerprint density at radius 3 is 2.94 bits per heavy atom. The van der Waals surface area contributed by atoms with Crippen LogP contribution in [0.3, 0.4) is 0 Å². The van der Waals surface area contributed by atoms with Crippen LogP contribution in [0.5, 0.6) is 5.75 Å². The zero-order chi connectivity index (χ0) is 12.3. The Balaban J connectivity index is 2.44. The molecule has 0 amide bonds. The fourth-order valence-corrected chi connectivity index (χ4v) is 2.01. The molecule has 2 aromatic rings. The van der Waals surface area contributed by atoms with Crippen molar-refractivity contribution < 1.29 is 4.74 Å². The van der Waals surface area contributed by atoms with Crippen molar-refractivity contribution in [2.24, 2.45) is 5.73 Å². The minimum Gasteiger partial charge on any atom is -0.493 e. The minimum atomic E-state index is 0.618. The summed E-state index contributed by atoms with van der Waals surface area (Å²) >= 11 is 3.46. The molecule has 0 spiro atoms. The first-order chi connectivity index (χ1) is 8.24. The molecular weight excluding hydrogens is 282 g/mol. The van der Waals surface area contributed by atoms with Crippen molar-refractivity contribution in [2.45, 2.75) is 6.42 Å². The number of nitrogens with two attached hydrogens (primary N) is 1. The van der Waals surface area contributed by atoms with Gasteiger partial charge in [-0.1, -0.05) is 22.0 Å². The second kappa shape index (κ2) is 5.33. The molecule has 0 atom stereocenters. The fraction of sp³-hybridized carbons (Fsp3) is 0.250. The van der Waals surface area contributed by atoms with Crippen molar-refractivity contribution in [3.05, 3.63) is 40.6 Å². The monoisotopic (exact) mass is 295 g/mol. The molecule has 0 fully saturated rings. The molecule has 90 valence electrons. The second-order valence-electron chi connectivity index (χ2n) is 3.64. The van der Waals surface area contributed by atoms with E-state index in [1.165, 1.54) is 5.56 Å². The Morgan fingerprint density at radius 2 is 2.29 bits per heavy atom. The van der Waals surface area contributed by atoms with Gasteiger partial charge in [-0.05, 0) is 30.7 Å². The molecule has 0 aliphatic rings. The van der Waals surface area contributed by atoms with Gasteiger partial charge < -0.3 is 10.5 Å². The van der Waals surface area contributed by atoms with Gasteiger partial charge >= 0.3 is 0 Å². The quantitative estimate of drug-likeness (QED) is 0.940. The van der Waals surface area contributed by atoms with Gasteiger partial charge in [0.1, 0.15) is 0 Å². The molecule has 2 rings (SSSR count). The van der Waals surface area contributed by atoms with E-state index in [1.54, 1.807) is 18.0 Å². The van der Waals surface area contributed by atoms with Crippen molar-refractivity contribution in [1.82, 2.24) is 9.78 Å². The highest BCUT2D eigenvalue weighted by atomic mass is 79.9. The van der Waals surface area contributed by atoms with Crippen LogP contribution >= 0.6 is 15.9 Å². The van der Waals surface area contributed by atoms with Gasteiger partial charge in [-0.2, -0.15) is 5.10 Å². The first-order valence-corrected chi connectivity index (χ1v) is 6.11. The highest BCUT2D eigenvalue weighted by molar-refractivity contribution is 9.10. The molecule has 0 unspecified atom stereocenters. The number of rotatable bonds is 4. The first kappa shape index (κ1) is 12.1. The van der Waals surface area contributed by atoms with Gasteiger partial charge in [0, 0.05) is 4.47 Å². The summed E-state index contributed by atoms with van der Waals surface area (Å²) in [5.41, 5.74) is 7.80. The Bertz CT molecular complexity index is 510. The third-order valence-electron chi connectivity index (χ3n) is 2.50. The Hall–Kier alpha value is -1.33. The van der Waals surface area contributed by atoms with Crippen LogP contribution < -0.4 is 10.5 Å². The summed E-state index contributed by atoms with van der Waals surface area (Å²) in [7, 11) is 1.63. The average molecular weight is 296 g/mol. The summed E-state index contributed by atoms with van der Waals surface area (Å²) in [6.45, 7) is 0.618. The molecule has 0 saturated heterocycles. The molecule has 17 heavy (non-hydrogen) atoms. The summed E-state index contributed by atoms with van der Waals surface area (Å²) in [4.78, 5) is 0. The van der Waals surface area contributed by atoms with E-state index in [1.807, 2.05) is 18.3 Å². The molecule has 5 heteroatoms. The number of halogens is 1. The lowest BCUT2D eigenvalue weighted by Gasteiger charge is -2.09. The van der Waals surface area contributed by atoms with E-state index in [0.29, 0.717) is 6.54 Å². The smallest absolute Gasteiger partial charge is 0.157 e. The zero-order valence-electron chi connectivity index (χ0n) is 9.56. The Labute approximate surface area is 109 Å². The number of benzene rings is 1. The summed E-state index contributed by atoms with van der Waals surface area (Å²) in [6.07, 6.45) is 4.36. The molecule has 0 aliphatic heterocycles. The molecule has 1 heterocycles. The predicted octanol–water partition coefficient (Wildman–Crippen LogP) is 2.14. The van der Waals surface area contributed by atoms with Crippen LogP contribution in [-0.4, -0.2) is 23.4 Å². The topological polar surface area (TPSA) is 53.1 Å². The lowest BCUT2D eigenvalue weighted by molar-refractivity contribution is 0.414. The largest absolute Gasteiger partial charge is 0.493 e. The van der Waals surface area contributed by atoms with E-state index in [0.717, 1.165) is 22.3 Å². The van der Waals surface area contributed by atoms with Crippen LogP contribution in [0.25, 0.3) is 5.69 Å². The van der Waals surface area contributed by atoms with Crippen LogP contribution in [0.4, 0.5) is 0 Å². The van der Waals surface area contributed by atoms with Crippen LogP contribution in [0.15, 0.2) is 35.1 Å². The van der Waals surface area contributed by atoms with Crippen LogP contribution in [0.2, 0.25) is 0 Å². The maximum absolute atomic E-state index is 5.61. The number of hydrogen-bond acceptors (Lipinski definition) is 3. The molecule has 0 radical (unpaired) electrons. The SMILES string of the molecule is COc1cnn(-c2cc(Br)ccc2CCN)c1. The lowest BCUT2D eigenvalue weighted by Crippen LogP contribution is -2.07. The molecule has 0 saturated carbocycles. The molecule has 0 bridgehead atoms. The van der Waals surface area contributed by atoms with Crippen molar-refractivity contribution in [1.29, 1.82) is 0 Å². The summed E-state index contributed by atoms with van der Waals surface area (Å²) in [5, 5.41) is 4.27. The summed E-state index contributed by atoms with van der Waals surface area (Å²) in [6, 6.07) is 6.09. The second-order valence-corrected chi connectivity index (χ2v) is 4.55. The van der Waals surface area contributed by atoms with Gasteiger partial charge in [-0.15, -0.1) is 0 Å². The number of methoxy groups -OCH3 is 1. The number of aromatic nitrogens is 2. The molecule has 0 aliphatic carbocycles. The van der Waals surface area contributed by atoms with E-state index < -0.39 is 0 Å². The van der Waals surface area contributed by atoms with Gasteiger partial charge in [0.15, 0.2) is 5.75 Å². The Kier molecular flexibility index (Phi) is 3.81. The standard InChI is InChI=1S/C12H14BrN3O/c1-17-11-7-15-16(8-11)12-6-10(13)3-2-9(12)4-5-14/h2-3,6-8H,4-5,14H2,1H3.